The second-order valence-electron chi connectivity index (χ2n) is 6.50. The van der Waals surface area contributed by atoms with Crippen LogP contribution in [0.4, 0.5) is 5.82 Å². The molecule has 0 saturated carbocycles. The van der Waals surface area contributed by atoms with Crippen LogP contribution in [0.1, 0.15) is 24.8 Å². The van der Waals surface area contributed by atoms with Gasteiger partial charge >= 0.3 is 0 Å². The molecular weight excluding hydrogens is 278 g/mol. The van der Waals surface area contributed by atoms with Crippen molar-refractivity contribution in [3.63, 3.8) is 0 Å². The number of hydrogen-bond acceptors (Lipinski definition) is 5. The van der Waals surface area contributed by atoms with Gasteiger partial charge in [-0.05, 0) is 26.0 Å². The van der Waals surface area contributed by atoms with Gasteiger partial charge in [0.1, 0.15) is 5.82 Å². The predicted octanol–water partition coefficient (Wildman–Crippen LogP) is 0.450. The highest BCUT2D eigenvalue weighted by Crippen LogP contribution is 2.31. The van der Waals surface area contributed by atoms with Crippen LogP contribution in [0, 0.1) is 0 Å². The third kappa shape index (κ3) is 3.08. The second kappa shape index (κ2) is 6.22. The number of nitrogens with zero attached hydrogens (tertiary/aromatic N) is 3. The van der Waals surface area contributed by atoms with Gasteiger partial charge in [-0.1, -0.05) is 6.07 Å². The van der Waals surface area contributed by atoms with Crippen molar-refractivity contribution in [1.29, 1.82) is 0 Å². The van der Waals surface area contributed by atoms with Gasteiger partial charge < -0.3 is 11.1 Å². The smallest absolute Gasteiger partial charge is 0.220 e. The van der Waals surface area contributed by atoms with E-state index in [2.05, 4.69) is 27.1 Å². The quantitative estimate of drug-likeness (QED) is 0.830. The van der Waals surface area contributed by atoms with Crippen LogP contribution in [0.2, 0.25) is 0 Å². The number of nitrogens with one attached hydrogen (secondary N) is 1. The van der Waals surface area contributed by atoms with Gasteiger partial charge in [0.15, 0.2) is 0 Å². The number of carbonyl (C=O) groups excluding carboxylic acids is 1. The molecule has 6 heteroatoms. The minimum absolute atomic E-state index is 0.0916. The van der Waals surface area contributed by atoms with Gasteiger partial charge in [0, 0.05) is 56.4 Å². The third-order valence-electron chi connectivity index (χ3n) is 5.13. The first-order valence-corrected chi connectivity index (χ1v) is 7.99. The lowest BCUT2D eigenvalue weighted by Gasteiger charge is -2.49. The van der Waals surface area contributed by atoms with E-state index in [1.807, 2.05) is 12.1 Å². The standard InChI is InChI=1S/C16H25N5O/c1-20-9-10-21(11-13-3-2-7-19-15(13)17)12-16(20)5-4-14(22)18-8-6-16/h2-3,7H,4-6,8-12H2,1H3,(H2,17,19)(H,18,22)/t16-/m1/s1. The summed E-state index contributed by atoms with van der Waals surface area (Å²) in [5.41, 5.74) is 7.15. The molecule has 2 fully saturated rings. The zero-order valence-electron chi connectivity index (χ0n) is 13.2. The number of nitrogens with two attached hydrogens (primary N) is 1. The summed E-state index contributed by atoms with van der Waals surface area (Å²) in [5, 5.41) is 3.00. The summed E-state index contributed by atoms with van der Waals surface area (Å²) in [7, 11) is 2.19. The van der Waals surface area contributed by atoms with E-state index in [1.54, 1.807) is 6.20 Å². The summed E-state index contributed by atoms with van der Waals surface area (Å²) in [5.74, 6) is 0.798. The molecule has 1 spiro atoms. The van der Waals surface area contributed by atoms with Crippen molar-refractivity contribution in [2.24, 2.45) is 0 Å². The topological polar surface area (TPSA) is 74.5 Å². The van der Waals surface area contributed by atoms with Crippen LogP contribution >= 0.6 is 0 Å². The van der Waals surface area contributed by atoms with E-state index in [-0.39, 0.29) is 11.4 Å². The van der Waals surface area contributed by atoms with Crippen molar-refractivity contribution in [2.75, 3.05) is 39.0 Å². The molecule has 6 nitrogen and oxygen atoms in total. The number of anilines is 1. The number of rotatable bonds is 2. The summed E-state index contributed by atoms with van der Waals surface area (Å²) in [6.07, 6.45) is 4.28. The Morgan fingerprint density at radius 1 is 1.41 bits per heavy atom. The van der Waals surface area contributed by atoms with E-state index in [1.165, 1.54) is 0 Å². The van der Waals surface area contributed by atoms with Crippen LogP contribution in [0.15, 0.2) is 18.3 Å². The van der Waals surface area contributed by atoms with E-state index in [4.69, 9.17) is 5.73 Å². The molecule has 0 radical (unpaired) electrons. The van der Waals surface area contributed by atoms with Crippen LogP contribution in [0.3, 0.4) is 0 Å². The number of carbonyl (C=O) groups is 1. The monoisotopic (exact) mass is 303 g/mol. The first-order valence-electron chi connectivity index (χ1n) is 7.99. The summed E-state index contributed by atoms with van der Waals surface area (Å²) in [4.78, 5) is 20.7. The van der Waals surface area contributed by atoms with E-state index in [0.29, 0.717) is 12.2 Å². The maximum atomic E-state index is 11.7. The Hall–Kier alpha value is -1.66. The Morgan fingerprint density at radius 3 is 3.09 bits per heavy atom. The Kier molecular flexibility index (Phi) is 4.31. The highest BCUT2D eigenvalue weighted by molar-refractivity contribution is 5.76. The van der Waals surface area contributed by atoms with Crippen molar-refractivity contribution in [3.05, 3.63) is 23.9 Å². The number of aromatic nitrogens is 1. The Balaban J connectivity index is 1.73. The largest absolute Gasteiger partial charge is 0.383 e. The maximum Gasteiger partial charge on any atom is 0.220 e. The minimum atomic E-state index is 0.0916. The molecule has 2 saturated heterocycles. The first kappa shape index (κ1) is 15.2. The number of hydrogen-bond donors (Lipinski definition) is 2. The summed E-state index contributed by atoms with van der Waals surface area (Å²) >= 11 is 0. The second-order valence-corrected chi connectivity index (χ2v) is 6.50. The molecule has 3 heterocycles. The lowest BCUT2D eigenvalue weighted by Crippen LogP contribution is -2.60. The zero-order valence-corrected chi connectivity index (χ0v) is 13.2. The van der Waals surface area contributed by atoms with Gasteiger partial charge in [-0.25, -0.2) is 4.98 Å². The molecule has 1 aromatic heterocycles. The number of likely N-dealkylation sites (N-methyl/N-ethyl adjacent to an activating group) is 1. The van der Waals surface area contributed by atoms with Crippen LogP contribution in [0.5, 0.6) is 0 Å². The van der Waals surface area contributed by atoms with E-state index < -0.39 is 0 Å². The number of amides is 1. The lowest BCUT2D eigenvalue weighted by molar-refractivity contribution is -0.121. The van der Waals surface area contributed by atoms with Crippen molar-refractivity contribution < 1.29 is 4.79 Å². The molecule has 0 bridgehead atoms. The van der Waals surface area contributed by atoms with Gasteiger partial charge in [0.2, 0.25) is 5.91 Å². The average molecular weight is 303 g/mol. The molecule has 0 aliphatic carbocycles. The summed E-state index contributed by atoms with van der Waals surface area (Å²) < 4.78 is 0. The first-order chi connectivity index (χ1) is 10.6. The SMILES string of the molecule is CN1CCN(Cc2cccnc2N)C[C@@]12CCNC(=O)CC2. The van der Waals surface area contributed by atoms with E-state index in [0.717, 1.165) is 51.1 Å². The van der Waals surface area contributed by atoms with Gasteiger partial charge in [-0.15, -0.1) is 0 Å². The van der Waals surface area contributed by atoms with Crippen molar-refractivity contribution >= 4 is 11.7 Å². The fraction of sp³-hybridized carbons (Fsp3) is 0.625. The number of pyridine rings is 1. The molecule has 22 heavy (non-hydrogen) atoms. The molecule has 0 unspecified atom stereocenters. The molecule has 120 valence electrons. The number of nitrogen functional groups attached to an aromatic ring is 1. The van der Waals surface area contributed by atoms with E-state index >= 15 is 0 Å². The van der Waals surface area contributed by atoms with E-state index in [9.17, 15) is 4.79 Å². The van der Waals surface area contributed by atoms with Crippen molar-refractivity contribution in [1.82, 2.24) is 20.1 Å². The van der Waals surface area contributed by atoms with Gasteiger partial charge in [0.05, 0.1) is 0 Å². The highest BCUT2D eigenvalue weighted by Gasteiger charge is 2.40. The Morgan fingerprint density at radius 2 is 2.27 bits per heavy atom. The molecular formula is C16H25N5O. The molecule has 3 N–H and O–H groups in total. The molecule has 0 aromatic carbocycles. The summed E-state index contributed by atoms with van der Waals surface area (Å²) in [6.45, 7) is 4.62. The van der Waals surface area contributed by atoms with Crippen molar-refractivity contribution in [3.8, 4) is 0 Å². The molecule has 2 aliphatic heterocycles. The average Bonchev–Trinajstić information content (AvgIpc) is 2.69. The van der Waals surface area contributed by atoms with Crippen LogP contribution < -0.4 is 11.1 Å². The third-order valence-corrected chi connectivity index (χ3v) is 5.13. The Labute approximate surface area is 131 Å². The minimum Gasteiger partial charge on any atom is -0.383 e. The zero-order chi connectivity index (χ0) is 15.6. The fourth-order valence-electron chi connectivity index (χ4n) is 3.64. The highest BCUT2D eigenvalue weighted by atomic mass is 16.1. The summed E-state index contributed by atoms with van der Waals surface area (Å²) in [6, 6.07) is 3.98. The molecule has 1 aromatic rings. The fourth-order valence-corrected chi connectivity index (χ4v) is 3.64. The normalized spacial score (nSPS) is 27.6. The van der Waals surface area contributed by atoms with Crippen molar-refractivity contribution in [2.45, 2.75) is 31.3 Å². The predicted molar refractivity (Wildman–Crippen MR) is 86.1 cm³/mol. The number of piperazine rings is 1. The molecule has 1 amide bonds. The van der Waals surface area contributed by atoms with Gasteiger partial charge in [-0.3, -0.25) is 14.6 Å². The van der Waals surface area contributed by atoms with Crippen LogP contribution in [0.25, 0.3) is 0 Å². The molecule has 1 atom stereocenters. The molecule has 2 aliphatic rings. The van der Waals surface area contributed by atoms with Crippen LogP contribution in [-0.2, 0) is 11.3 Å². The molecule has 3 rings (SSSR count). The Bertz CT molecular complexity index is 549. The lowest BCUT2D eigenvalue weighted by atomic mass is 9.86. The van der Waals surface area contributed by atoms with Crippen LogP contribution in [-0.4, -0.2) is 59.5 Å². The maximum absolute atomic E-state index is 11.7. The van der Waals surface area contributed by atoms with Gasteiger partial charge in [-0.2, -0.15) is 0 Å². The van der Waals surface area contributed by atoms with Gasteiger partial charge in [0.25, 0.3) is 0 Å².